The fraction of sp³-hybridized carbons (Fsp3) is 0.500. The Balaban J connectivity index is 1.32. The smallest absolute Gasteiger partial charge is 0.279 e. The van der Waals surface area contributed by atoms with Gasteiger partial charge < -0.3 is 4.90 Å². The van der Waals surface area contributed by atoms with Crippen molar-refractivity contribution in [3.05, 3.63) is 40.0 Å². The summed E-state index contributed by atoms with van der Waals surface area (Å²) in [5, 5.41) is 0. The number of rotatable bonds is 3. The van der Waals surface area contributed by atoms with Crippen LogP contribution in [0.15, 0.2) is 24.7 Å². The summed E-state index contributed by atoms with van der Waals surface area (Å²) in [5.74, 6) is 0.871. The van der Waals surface area contributed by atoms with E-state index in [9.17, 15) is 9.59 Å². The van der Waals surface area contributed by atoms with Crippen LogP contribution in [0.3, 0.4) is 0 Å². The van der Waals surface area contributed by atoms with Gasteiger partial charge in [-0.25, -0.2) is 4.98 Å². The van der Waals surface area contributed by atoms with Crippen LogP contribution in [0.1, 0.15) is 46.3 Å². The average Bonchev–Trinajstić information content (AvgIpc) is 3.16. The number of aryl methyl sites for hydroxylation is 1. The number of hydrogen-bond acceptors (Lipinski definition) is 6. The Kier molecular flexibility index (Phi) is 5.57. The average molecular weight is 400 g/mol. The van der Waals surface area contributed by atoms with Gasteiger partial charge in [0.15, 0.2) is 0 Å². The van der Waals surface area contributed by atoms with Crippen molar-refractivity contribution < 1.29 is 9.59 Å². The van der Waals surface area contributed by atoms with Gasteiger partial charge in [-0.1, -0.05) is 6.92 Å². The predicted octanol–water partition coefficient (Wildman–Crippen LogP) is 2.34. The third kappa shape index (κ3) is 4.16. The molecule has 2 amide bonds. The molecule has 0 saturated carbocycles. The van der Waals surface area contributed by atoms with Crippen molar-refractivity contribution in [1.29, 1.82) is 0 Å². The second-order valence-corrected chi connectivity index (χ2v) is 8.84. The van der Waals surface area contributed by atoms with Crippen LogP contribution in [0, 0.1) is 11.8 Å². The van der Waals surface area contributed by atoms with Crippen molar-refractivity contribution >= 4 is 29.0 Å². The van der Waals surface area contributed by atoms with Gasteiger partial charge in [-0.05, 0) is 49.7 Å². The van der Waals surface area contributed by atoms with Crippen LogP contribution in [0.25, 0.3) is 0 Å². The lowest BCUT2D eigenvalue weighted by Crippen LogP contribution is -2.49. The fourth-order valence-corrected chi connectivity index (χ4v) is 5.06. The van der Waals surface area contributed by atoms with Crippen LogP contribution in [-0.4, -0.2) is 34.9 Å². The Morgan fingerprint density at radius 1 is 1.25 bits per heavy atom. The van der Waals surface area contributed by atoms with Crippen molar-refractivity contribution in [1.82, 2.24) is 20.8 Å². The molecule has 8 heteroatoms. The number of carbonyl (C=O) groups is 2. The number of amides is 2. The minimum absolute atomic E-state index is 0.156. The summed E-state index contributed by atoms with van der Waals surface area (Å²) in [6.45, 7) is 3.68. The molecule has 0 radical (unpaired) electrons. The molecule has 2 aromatic heterocycles. The van der Waals surface area contributed by atoms with E-state index in [-0.39, 0.29) is 17.7 Å². The Morgan fingerprint density at radius 3 is 2.96 bits per heavy atom. The van der Waals surface area contributed by atoms with E-state index >= 15 is 0 Å². The summed E-state index contributed by atoms with van der Waals surface area (Å²) in [4.78, 5) is 37.5. The van der Waals surface area contributed by atoms with Gasteiger partial charge >= 0.3 is 0 Å². The van der Waals surface area contributed by atoms with Gasteiger partial charge in [0, 0.05) is 30.4 Å². The monoisotopic (exact) mass is 399 g/mol. The highest BCUT2D eigenvalue weighted by atomic mass is 32.1. The maximum atomic E-state index is 12.6. The normalized spacial score (nSPS) is 21.7. The third-order valence-electron chi connectivity index (χ3n) is 5.52. The third-order valence-corrected chi connectivity index (χ3v) is 6.75. The molecule has 28 heavy (non-hydrogen) atoms. The number of nitrogens with one attached hydrogen (secondary N) is 2. The molecule has 1 saturated heterocycles. The molecule has 2 aromatic rings. The first-order valence-electron chi connectivity index (χ1n) is 9.83. The molecule has 148 valence electrons. The van der Waals surface area contributed by atoms with Crippen molar-refractivity contribution in [3.8, 4) is 0 Å². The summed E-state index contributed by atoms with van der Waals surface area (Å²) in [6, 6.07) is 1.98. The topological polar surface area (TPSA) is 87.2 Å². The summed E-state index contributed by atoms with van der Waals surface area (Å²) >= 11 is 1.54. The number of anilines is 1. The van der Waals surface area contributed by atoms with E-state index in [2.05, 4.69) is 32.6 Å². The molecule has 0 spiro atoms. The van der Waals surface area contributed by atoms with Crippen molar-refractivity contribution in [3.63, 3.8) is 0 Å². The second kappa shape index (κ2) is 8.26. The minimum atomic E-state index is -0.234. The SMILES string of the molecule is CC1CCc2sc(C(=O)NNC(=O)C3CCCN(c4cnccn4)C3)cc2C1. The largest absolute Gasteiger partial charge is 0.355 e. The lowest BCUT2D eigenvalue weighted by atomic mass is 9.90. The Morgan fingerprint density at radius 2 is 2.14 bits per heavy atom. The number of hydrazine groups is 1. The molecule has 1 aliphatic carbocycles. The molecule has 2 unspecified atom stereocenters. The van der Waals surface area contributed by atoms with Gasteiger partial charge in [0.25, 0.3) is 5.91 Å². The lowest BCUT2D eigenvalue weighted by molar-refractivity contribution is -0.126. The summed E-state index contributed by atoms with van der Waals surface area (Å²) < 4.78 is 0. The van der Waals surface area contributed by atoms with Crippen molar-refractivity contribution in [2.24, 2.45) is 11.8 Å². The number of nitrogens with zero attached hydrogens (tertiary/aromatic N) is 3. The van der Waals surface area contributed by atoms with E-state index in [1.165, 1.54) is 16.9 Å². The molecule has 0 aromatic carbocycles. The number of piperidine rings is 1. The number of carbonyl (C=O) groups excluding carboxylic acids is 2. The molecule has 2 atom stereocenters. The molecule has 4 rings (SSSR count). The van der Waals surface area contributed by atoms with Crippen molar-refractivity contribution in [2.75, 3.05) is 18.0 Å². The highest BCUT2D eigenvalue weighted by molar-refractivity contribution is 7.14. The van der Waals surface area contributed by atoms with Gasteiger partial charge in [-0.15, -0.1) is 11.3 Å². The van der Waals surface area contributed by atoms with Crippen LogP contribution >= 0.6 is 11.3 Å². The molecular formula is C20H25N5O2S. The van der Waals surface area contributed by atoms with E-state index in [4.69, 9.17) is 0 Å². The zero-order valence-corrected chi connectivity index (χ0v) is 16.8. The van der Waals surface area contributed by atoms with Crippen molar-refractivity contribution in [2.45, 2.75) is 39.0 Å². The van der Waals surface area contributed by atoms with Crippen LogP contribution in [-0.2, 0) is 17.6 Å². The van der Waals surface area contributed by atoms with E-state index in [1.807, 2.05) is 6.07 Å². The van der Waals surface area contributed by atoms with Gasteiger partial charge in [0.1, 0.15) is 5.82 Å². The maximum Gasteiger partial charge on any atom is 0.279 e. The Hall–Kier alpha value is -2.48. The maximum absolute atomic E-state index is 12.6. The van der Waals surface area contributed by atoms with E-state index in [0.29, 0.717) is 17.3 Å². The number of fused-ring (bicyclic) bond motifs is 1. The first-order chi connectivity index (χ1) is 13.6. The highest BCUT2D eigenvalue weighted by Crippen LogP contribution is 2.32. The standard InChI is InChI=1S/C20H25N5O2S/c1-13-4-5-16-15(9-13)10-17(28-16)20(27)24-23-19(26)14-3-2-8-25(12-14)18-11-21-6-7-22-18/h6-7,10-11,13-14H,2-5,8-9,12H2,1H3,(H,23,26)(H,24,27). The summed E-state index contributed by atoms with van der Waals surface area (Å²) in [7, 11) is 0. The van der Waals surface area contributed by atoms with Crippen LogP contribution < -0.4 is 15.8 Å². The van der Waals surface area contributed by atoms with Crippen LogP contribution in [0.2, 0.25) is 0 Å². The first-order valence-corrected chi connectivity index (χ1v) is 10.6. The molecule has 2 aliphatic rings. The lowest BCUT2D eigenvalue weighted by Gasteiger charge is -2.32. The minimum Gasteiger partial charge on any atom is -0.355 e. The quantitative estimate of drug-likeness (QED) is 0.774. The van der Waals surface area contributed by atoms with Gasteiger partial charge in [-0.2, -0.15) is 0 Å². The summed E-state index contributed by atoms with van der Waals surface area (Å²) in [5.41, 5.74) is 6.50. The molecule has 2 N–H and O–H groups in total. The van der Waals surface area contributed by atoms with Gasteiger partial charge in [0.05, 0.1) is 17.0 Å². The number of hydrogen-bond donors (Lipinski definition) is 2. The molecule has 1 aliphatic heterocycles. The molecule has 1 fully saturated rings. The fourth-order valence-electron chi connectivity index (χ4n) is 3.95. The van der Waals surface area contributed by atoms with E-state index in [0.717, 1.165) is 38.0 Å². The summed E-state index contributed by atoms with van der Waals surface area (Å²) in [6.07, 6.45) is 9.95. The highest BCUT2D eigenvalue weighted by Gasteiger charge is 2.27. The molecular weight excluding hydrogens is 374 g/mol. The van der Waals surface area contributed by atoms with E-state index in [1.54, 1.807) is 29.9 Å². The number of aromatic nitrogens is 2. The molecule has 7 nitrogen and oxygen atoms in total. The van der Waals surface area contributed by atoms with Crippen LogP contribution in [0.4, 0.5) is 5.82 Å². The number of thiophene rings is 1. The van der Waals surface area contributed by atoms with E-state index < -0.39 is 0 Å². The zero-order chi connectivity index (χ0) is 19.5. The first kappa shape index (κ1) is 18.9. The van der Waals surface area contributed by atoms with Gasteiger partial charge in [0.2, 0.25) is 5.91 Å². The van der Waals surface area contributed by atoms with Gasteiger partial charge in [-0.3, -0.25) is 25.4 Å². The zero-order valence-electron chi connectivity index (χ0n) is 16.0. The molecule has 0 bridgehead atoms. The second-order valence-electron chi connectivity index (χ2n) is 7.70. The Bertz CT molecular complexity index is 854. The molecule has 3 heterocycles. The predicted molar refractivity (Wildman–Crippen MR) is 108 cm³/mol. The Labute approximate surface area is 168 Å². The van der Waals surface area contributed by atoms with Crippen LogP contribution in [0.5, 0.6) is 0 Å².